The average Bonchev–Trinajstić information content (AvgIpc) is 3.07. The zero-order valence-corrected chi connectivity index (χ0v) is 24.3. The lowest BCUT2D eigenvalue weighted by molar-refractivity contribution is 0.380. The Bertz CT molecular complexity index is 1200. The first kappa shape index (κ1) is 26.9. The minimum Gasteiger partial charge on any atom is -0.542 e. The molecule has 0 amide bonds. The molecule has 3 aromatic rings. The summed E-state index contributed by atoms with van der Waals surface area (Å²) in [6.45, 7) is 14.2. The molecule has 0 saturated heterocycles. The van der Waals surface area contributed by atoms with Crippen LogP contribution in [0.4, 0.5) is 0 Å². The van der Waals surface area contributed by atoms with Crippen LogP contribution < -0.4 is 0 Å². The van der Waals surface area contributed by atoms with Crippen molar-refractivity contribution in [2.24, 2.45) is 0 Å². The van der Waals surface area contributed by atoms with Gasteiger partial charge in [-0.05, 0) is 45.5 Å². The molecular formula is C35H42OSi. The molecule has 0 N–H and O–H groups in total. The van der Waals surface area contributed by atoms with Crippen LogP contribution in [0, 0.1) is 0 Å². The Morgan fingerprint density at radius 1 is 0.622 bits per heavy atom. The van der Waals surface area contributed by atoms with Crippen LogP contribution in [0.1, 0.15) is 70.1 Å². The lowest BCUT2D eigenvalue weighted by atomic mass is 9.81. The van der Waals surface area contributed by atoms with Crippen molar-refractivity contribution < 1.29 is 4.43 Å². The van der Waals surface area contributed by atoms with Gasteiger partial charge in [-0.15, -0.1) is 0 Å². The predicted molar refractivity (Wildman–Crippen MR) is 162 cm³/mol. The van der Waals surface area contributed by atoms with Gasteiger partial charge in [-0.3, -0.25) is 0 Å². The molecule has 0 heterocycles. The first-order valence-corrected chi connectivity index (χ1v) is 15.9. The topological polar surface area (TPSA) is 9.23 Å². The van der Waals surface area contributed by atoms with Crippen LogP contribution in [0.2, 0.25) is 16.6 Å². The second-order valence-electron chi connectivity index (χ2n) is 11.2. The molecule has 1 nitrogen and oxygen atoms in total. The van der Waals surface area contributed by atoms with E-state index >= 15 is 0 Å². The fourth-order valence-electron chi connectivity index (χ4n) is 6.23. The van der Waals surface area contributed by atoms with Crippen LogP contribution in [0.5, 0.6) is 0 Å². The monoisotopic (exact) mass is 506 g/mol. The van der Waals surface area contributed by atoms with Gasteiger partial charge >= 0.3 is 0 Å². The Labute approximate surface area is 225 Å². The zero-order valence-electron chi connectivity index (χ0n) is 23.3. The standard InChI is InChI=1S/C35H42OSi/c1-26(2)37(27(3)4,28(5)6)36-35-25-34(31-20-14-9-15-21-31)33(30-18-12-8-13-19-30)23-22-32(35)24-29-16-10-7-11-17-29/h7-28,33-34H,1-6H3/b32-24+/t33-,34-/m1/s1. The highest BCUT2D eigenvalue weighted by atomic mass is 28.4. The van der Waals surface area contributed by atoms with Gasteiger partial charge in [0.15, 0.2) is 0 Å². The van der Waals surface area contributed by atoms with E-state index in [9.17, 15) is 0 Å². The van der Waals surface area contributed by atoms with Crippen LogP contribution in [0.15, 0.2) is 121 Å². The highest BCUT2D eigenvalue weighted by molar-refractivity contribution is 6.78. The third kappa shape index (κ3) is 5.91. The van der Waals surface area contributed by atoms with E-state index in [0.29, 0.717) is 16.6 Å². The smallest absolute Gasteiger partial charge is 0.258 e. The summed E-state index contributed by atoms with van der Waals surface area (Å²) in [5.74, 6) is 1.43. The van der Waals surface area contributed by atoms with Gasteiger partial charge in [-0.2, -0.15) is 0 Å². The van der Waals surface area contributed by atoms with Gasteiger partial charge in [0.1, 0.15) is 5.76 Å². The van der Waals surface area contributed by atoms with Gasteiger partial charge < -0.3 is 4.43 Å². The summed E-state index contributed by atoms with van der Waals surface area (Å²) in [6.07, 6.45) is 9.41. The van der Waals surface area contributed by atoms with E-state index in [0.717, 1.165) is 11.3 Å². The molecule has 0 aliphatic heterocycles. The predicted octanol–water partition coefficient (Wildman–Crippen LogP) is 10.3. The Morgan fingerprint density at radius 3 is 1.57 bits per heavy atom. The van der Waals surface area contributed by atoms with Crippen LogP contribution in [0.3, 0.4) is 0 Å². The second-order valence-corrected chi connectivity index (χ2v) is 16.6. The molecule has 0 saturated carbocycles. The first-order chi connectivity index (χ1) is 17.8. The molecular weight excluding hydrogens is 464 g/mol. The normalized spacial score (nSPS) is 19.4. The van der Waals surface area contributed by atoms with E-state index < -0.39 is 8.32 Å². The maximum absolute atomic E-state index is 7.44. The molecule has 0 bridgehead atoms. The molecule has 37 heavy (non-hydrogen) atoms. The van der Waals surface area contributed by atoms with Crippen molar-refractivity contribution in [1.82, 2.24) is 0 Å². The van der Waals surface area contributed by atoms with Gasteiger partial charge in [0.05, 0.1) is 0 Å². The lowest BCUT2D eigenvalue weighted by Gasteiger charge is -2.43. The van der Waals surface area contributed by atoms with Crippen molar-refractivity contribution >= 4 is 14.4 Å². The SMILES string of the molecule is CC(C)[Si](OC1=C[C@H](c2ccccc2)[C@@H](c2ccccc2)C=C/C1=C\c1ccccc1)(C(C)C)C(C)C. The van der Waals surface area contributed by atoms with Gasteiger partial charge in [-0.1, -0.05) is 145 Å². The summed E-state index contributed by atoms with van der Waals surface area (Å²) >= 11 is 0. The van der Waals surface area contributed by atoms with Crippen molar-refractivity contribution in [3.63, 3.8) is 0 Å². The molecule has 0 spiro atoms. The summed E-state index contributed by atoms with van der Waals surface area (Å²) < 4.78 is 7.44. The molecule has 192 valence electrons. The molecule has 4 rings (SSSR count). The maximum atomic E-state index is 7.44. The van der Waals surface area contributed by atoms with Crippen molar-refractivity contribution in [2.75, 3.05) is 0 Å². The van der Waals surface area contributed by atoms with Crippen molar-refractivity contribution in [3.8, 4) is 0 Å². The Balaban J connectivity index is 1.94. The van der Waals surface area contributed by atoms with Crippen LogP contribution >= 0.6 is 0 Å². The molecule has 0 unspecified atom stereocenters. The summed E-state index contributed by atoms with van der Waals surface area (Å²) in [5, 5.41) is 0. The molecule has 2 atom stereocenters. The lowest BCUT2D eigenvalue weighted by Crippen LogP contribution is -2.47. The van der Waals surface area contributed by atoms with Gasteiger partial charge in [0.2, 0.25) is 0 Å². The van der Waals surface area contributed by atoms with Gasteiger partial charge in [0, 0.05) is 17.4 Å². The maximum Gasteiger partial charge on any atom is 0.258 e. The third-order valence-corrected chi connectivity index (χ3v) is 14.0. The van der Waals surface area contributed by atoms with E-state index in [1.807, 2.05) is 0 Å². The second kappa shape index (κ2) is 12.0. The summed E-state index contributed by atoms with van der Waals surface area (Å²) in [6, 6.07) is 32.4. The van der Waals surface area contributed by atoms with Gasteiger partial charge in [-0.25, -0.2) is 0 Å². The molecule has 1 aliphatic carbocycles. The summed E-state index contributed by atoms with van der Waals surface area (Å²) in [5.41, 5.74) is 6.48. The third-order valence-electron chi connectivity index (χ3n) is 7.97. The zero-order chi connectivity index (χ0) is 26.4. The van der Waals surface area contributed by atoms with Crippen LogP contribution in [-0.4, -0.2) is 8.32 Å². The quantitative estimate of drug-likeness (QED) is 0.276. The summed E-state index contributed by atoms with van der Waals surface area (Å²) in [7, 11) is -2.17. The number of hydrogen-bond donors (Lipinski definition) is 0. The number of benzene rings is 3. The first-order valence-electron chi connectivity index (χ1n) is 13.8. The fourth-order valence-corrected chi connectivity index (χ4v) is 11.5. The Morgan fingerprint density at radius 2 is 1.08 bits per heavy atom. The number of hydrogen-bond acceptors (Lipinski definition) is 1. The number of rotatable bonds is 8. The van der Waals surface area contributed by atoms with Crippen molar-refractivity contribution in [1.29, 1.82) is 0 Å². The highest BCUT2D eigenvalue weighted by Crippen LogP contribution is 2.47. The average molecular weight is 507 g/mol. The molecule has 0 aromatic heterocycles. The molecule has 0 radical (unpaired) electrons. The van der Waals surface area contributed by atoms with E-state index in [1.54, 1.807) is 0 Å². The minimum atomic E-state index is -2.17. The van der Waals surface area contributed by atoms with E-state index in [-0.39, 0.29) is 11.8 Å². The van der Waals surface area contributed by atoms with E-state index in [4.69, 9.17) is 4.43 Å². The van der Waals surface area contributed by atoms with Crippen molar-refractivity contribution in [3.05, 3.63) is 137 Å². The Hall–Kier alpha value is -3.10. The van der Waals surface area contributed by atoms with Crippen LogP contribution in [-0.2, 0) is 4.43 Å². The fraction of sp³-hybridized carbons (Fsp3) is 0.314. The molecule has 2 heteroatoms. The van der Waals surface area contributed by atoms with E-state index in [1.165, 1.54) is 16.7 Å². The van der Waals surface area contributed by atoms with Crippen LogP contribution in [0.25, 0.3) is 6.08 Å². The minimum absolute atomic E-state index is 0.176. The largest absolute Gasteiger partial charge is 0.542 e. The Kier molecular flexibility index (Phi) is 8.71. The molecule has 1 aliphatic rings. The number of allylic oxidation sites excluding steroid dienone is 3. The van der Waals surface area contributed by atoms with Crippen molar-refractivity contribution in [2.45, 2.75) is 70.0 Å². The highest BCUT2D eigenvalue weighted by Gasteiger charge is 2.47. The molecule has 0 fully saturated rings. The van der Waals surface area contributed by atoms with E-state index in [2.05, 4.69) is 157 Å². The van der Waals surface area contributed by atoms with Gasteiger partial charge in [0.25, 0.3) is 8.32 Å². The molecule has 3 aromatic carbocycles. The summed E-state index contributed by atoms with van der Waals surface area (Å²) in [4.78, 5) is 0.